The molecule has 6 heteroatoms. The number of ketones is 1. The third-order valence-electron chi connectivity index (χ3n) is 3.58. The molecule has 110 valence electrons. The topological polar surface area (TPSA) is 32.3 Å². The minimum atomic E-state index is -4.50. The van der Waals surface area contributed by atoms with Gasteiger partial charge in [-0.15, -0.1) is 0 Å². The minimum Gasteiger partial charge on any atom is -0.314 e. The second-order valence-corrected chi connectivity index (χ2v) is 4.87. The maximum Gasteiger partial charge on any atom is 0.417 e. The molecule has 1 fully saturated rings. The van der Waals surface area contributed by atoms with E-state index in [0.29, 0.717) is 13.1 Å². The summed E-state index contributed by atoms with van der Waals surface area (Å²) in [6, 6.07) is 4.43. The van der Waals surface area contributed by atoms with Crippen LogP contribution in [0.25, 0.3) is 0 Å². The molecule has 1 heterocycles. The van der Waals surface area contributed by atoms with Crippen molar-refractivity contribution in [3.05, 3.63) is 35.4 Å². The van der Waals surface area contributed by atoms with Gasteiger partial charge in [0.05, 0.1) is 11.6 Å². The Morgan fingerprint density at radius 3 is 2.45 bits per heavy atom. The number of Topliss-reactive ketones (excluding diaryl/α,β-unsaturated/α-hetero) is 1. The third kappa shape index (κ3) is 3.19. The Morgan fingerprint density at radius 1 is 1.25 bits per heavy atom. The number of nitrogens with zero attached hydrogens (tertiary/aromatic N) is 1. The van der Waals surface area contributed by atoms with E-state index in [1.54, 1.807) is 6.92 Å². The van der Waals surface area contributed by atoms with Crippen LogP contribution in [0, 0.1) is 0 Å². The van der Waals surface area contributed by atoms with Crippen molar-refractivity contribution in [3.63, 3.8) is 0 Å². The number of hydrogen-bond donors (Lipinski definition) is 1. The molecule has 0 spiro atoms. The average Bonchev–Trinajstić information content (AvgIpc) is 2.46. The monoisotopic (exact) mass is 286 g/mol. The molecule has 2 rings (SSSR count). The van der Waals surface area contributed by atoms with Crippen molar-refractivity contribution in [1.29, 1.82) is 0 Å². The maximum absolute atomic E-state index is 12.9. The van der Waals surface area contributed by atoms with Gasteiger partial charge in [-0.3, -0.25) is 9.69 Å². The quantitative estimate of drug-likeness (QED) is 0.864. The van der Waals surface area contributed by atoms with Gasteiger partial charge in [0.1, 0.15) is 0 Å². The fraction of sp³-hybridized carbons (Fsp3) is 0.500. The molecule has 0 aromatic heterocycles. The van der Waals surface area contributed by atoms with Gasteiger partial charge in [-0.05, 0) is 13.0 Å². The molecule has 0 saturated carbocycles. The first-order valence-electron chi connectivity index (χ1n) is 6.56. The molecule has 1 atom stereocenters. The van der Waals surface area contributed by atoms with Crippen molar-refractivity contribution in [2.24, 2.45) is 0 Å². The fourth-order valence-electron chi connectivity index (χ4n) is 2.41. The van der Waals surface area contributed by atoms with Crippen LogP contribution >= 0.6 is 0 Å². The summed E-state index contributed by atoms with van der Waals surface area (Å²) < 4.78 is 38.8. The molecule has 0 radical (unpaired) electrons. The molecule has 0 aliphatic carbocycles. The average molecular weight is 286 g/mol. The molecule has 1 aliphatic rings. The lowest BCUT2D eigenvalue weighted by Gasteiger charge is -2.32. The number of halogens is 3. The Kier molecular flexibility index (Phi) is 4.45. The fourth-order valence-corrected chi connectivity index (χ4v) is 2.41. The van der Waals surface area contributed by atoms with Crippen LogP contribution in [0.3, 0.4) is 0 Å². The van der Waals surface area contributed by atoms with E-state index in [1.165, 1.54) is 18.2 Å². The first-order valence-corrected chi connectivity index (χ1v) is 6.56. The number of piperazine rings is 1. The first-order chi connectivity index (χ1) is 9.41. The lowest BCUT2D eigenvalue weighted by molar-refractivity contribution is -0.137. The molecule has 0 amide bonds. The summed E-state index contributed by atoms with van der Waals surface area (Å²) in [5, 5.41) is 3.15. The van der Waals surface area contributed by atoms with Crippen molar-refractivity contribution >= 4 is 5.78 Å². The van der Waals surface area contributed by atoms with Gasteiger partial charge < -0.3 is 5.32 Å². The van der Waals surface area contributed by atoms with Gasteiger partial charge in [-0.1, -0.05) is 18.2 Å². The van der Waals surface area contributed by atoms with Crippen LogP contribution in [0.2, 0.25) is 0 Å². The number of hydrogen-bond acceptors (Lipinski definition) is 3. The Labute approximate surface area is 115 Å². The largest absolute Gasteiger partial charge is 0.417 e. The normalized spacial score (nSPS) is 18.8. The molecule has 1 N–H and O–H groups in total. The highest BCUT2D eigenvalue weighted by atomic mass is 19.4. The number of alkyl halides is 3. The number of rotatable bonds is 3. The van der Waals surface area contributed by atoms with E-state index < -0.39 is 23.6 Å². The zero-order valence-electron chi connectivity index (χ0n) is 11.2. The van der Waals surface area contributed by atoms with Crippen LogP contribution in [0.15, 0.2) is 24.3 Å². The van der Waals surface area contributed by atoms with Crippen molar-refractivity contribution in [2.45, 2.75) is 19.1 Å². The highest BCUT2D eigenvalue weighted by Gasteiger charge is 2.36. The van der Waals surface area contributed by atoms with E-state index >= 15 is 0 Å². The summed E-state index contributed by atoms with van der Waals surface area (Å²) in [6.07, 6.45) is -4.50. The van der Waals surface area contributed by atoms with Crippen LogP contribution < -0.4 is 5.32 Å². The molecule has 1 aromatic carbocycles. The Bertz CT molecular complexity index is 482. The minimum absolute atomic E-state index is 0.244. The van der Waals surface area contributed by atoms with Crippen LogP contribution in [-0.2, 0) is 6.18 Å². The summed E-state index contributed by atoms with van der Waals surface area (Å²) in [5.41, 5.74) is -1.10. The van der Waals surface area contributed by atoms with Crippen molar-refractivity contribution in [1.82, 2.24) is 10.2 Å². The van der Waals surface area contributed by atoms with E-state index in [-0.39, 0.29) is 5.56 Å². The van der Waals surface area contributed by atoms with Crippen LogP contribution in [0.5, 0.6) is 0 Å². The summed E-state index contributed by atoms with van der Waals surface area (Å²) in [6.45, 7) is 4.50. The van der Waals surface area contributed by atoms with Gasteiger partial charge in [0.2, 0.25) is 0 Å². The molecule has 1 saturated heterocycles. The lowest BCUT2D eigenvalue weighted by atomic mass is 9.98. The van der Waals surface area contributed by atoms with E-state index in [2.05, 4.69) is 5.32 Å². The van der Waals surface area contributed by atoms with Gasteiger partial charge in [0, 0.05) is 31.7 Å². The van der Waals surface area contributed by atoms with E-state index in [9.17, 15) is 18.0 Å². The summed E-state index contributed by atoms with van der Waals surface area (Å²) >= 11 is 0. The molecule has 1 aliphatic heterocycles. The highest BCUT2D eigenvalue weighted by Crippen LogP contribution is 2.32. The molecule has 1 aromatic rings. The lowest BCUT2D eigenvalue weighted by Crippen LogP contribution is -2.50. The SMILES string of the molecule is CC(C(=O)c1ccccc1C(F)(F)F)N1CCNCC1. The van der Waals surface area contributed by atoms with Crippen molar-refractivity contribution in [3.8, 4) is 0 Å². The maximum atomic E-state index is 12.9. The van der Waals surface area contributed by atoms with Crippen LogP contribution in [-0.4, -0.2) is 42.9 Å². The molecular formula is C14H17F3N2O. The van der Waals surface area contributed by atoms with Gasteiger partial charge in [-0.2, -0.15) is 13.2 Å². The van der Waals surface area contributed by atoms with E-state index in [4.69, 9.17) is 0 Å². The Morgan fingerprint density at radius 2 is 1.85 bits per heavy atom. The summed E-state index contributed by atoms with van der Waals surface area (Å²) in [4.78, 5) is 14.3. The van der Waals surface area contributed by atoms with Gasteiger partial charge in [0.25, 0.3) is 0 Å². The highest BCUT2D eigenvalue weighted by molar-refractivity contribution is 6.01. The van der Waals surface area contributed by atoms with Crippen molar-refractivity contribution in [2.75, 3.05) is 26.2 Å². The molecular weight excluding hydrogens is 269 g/mol. The van der Waals surface area contributed by atoms with Crippen molar-refractivity contribution < 1.29 is 18.0 Å². The smallest absolute Gasteiger partial charge is 0.314 e. The van der Waals surface area contributed by atoms with Crippen LogP contribution in [0.4, 0.5) is 13.2 Å². The molecule has 0 bridgehead atoms. The van der Waals surface area contributed by atoms with E-state index in [0.717, 1.165) is 19.2 Å². The van der Waals surface area contributed by atoms with Gasteiger partial charge in [0.15, 0.2) is 5.78 Å². The standard InChI is InChI=1S/C14H17F3N2O/c1-10(19-8-6-18-7-9-19)13(20)11-4-2-3-5-12(11)14(15,16)17/h2-5,10,18H,6-9H2,1H3. The predicted molar refractivity (Wildman–Crippen MR) is 69.7 cm³/mol. The van der Waals surface area contributed by atoms with E-state index in [1.807, 2.05) is 4.90 Å². The summed E-state index contributed by atoms with van der Waals surface area (Å²) in [5.74, 6) is -0.472. The Hall–Kier alpha value is -1.40. The number of carbonyl (C=O) groups excluding carboxylic acids is 1. The zero-order chi connectivity index (χ0) is 14.8. The first kappa shape index (κ1) is 15.0. The second-order valence-electron chi connectivity index (χ2n) is 4.87. The number of benzene rings is 1. The van der Waals surface area contributed by atoms with Gasteiger partial charge in [-0.25, -0.2) is 0 Å². The number of nitrogens with one attached hydrogen (secondary N) is 1. The molecule has 1 unspecified atom stereocenters. The van der Waals surface area contributed by atoms with Crippen LogP contribution in [0.1, 0.15) is 22.8 Å². The van der Waals surface area contributed by atoms with Gasteiger partial charge >= 0.3 is 6.18 Å². The molecule has 20 heavy (non-hydrogen) atoms. The Balaban J connectivity index is 2.24. The zero-order valence-corrected chi connectivity index (χ0v) is 11.2. The predicted octanol–water partition coefficient (Wildman–Crippen LogP) is 2.18. The number of carbonyl (C=O) groups is 1. The third-order valence-corrected chi connectivity index (χ3v) is 3.58. The molecule has 3 nitrogen and oxygen atoms in total. The second kappa shape index (κ2) is 5.93. The summed E-state index contributed by atoms with van der Waals surface area (Å²) in [7, 11) is 0.